The zero-order valence-corrected chi connectivity index (χ0v) is 10.7. The van der Waals surface area contributed by atoms with Gasteiger partial charge < -0.3 is 14.8 Å². The van der Waals surface area contributed by atoms with E-state index in [2.05, 4.69) is 16.4 Å². The molecule has 0 aromatic carbocycles. The average Bonchev–Trinajstić information content (AvgIpc) is 2.64. The Kier molecular flexibility index (Phi) is 3.64. The first-order valence-electron chi connectivity index (χ1n) is 6.92. The van der Waals surface area contributed by atoms with E-state index in [1.54, 1.807) is 0 Å². The Bertz CT molecular complexity index is 403. The van der Waals surface area contributed by atoms with Gasteiger partial charge in [-0.1, -0.05) is 6.42 Å². The van der Waals surface area contributed by atoms with Gasteiger partial charge >= 0.3 is 0 Å². The molecule has 2 aliphatic rings. The van der Waals surface area contributed by atoms with Crippen LogP contribution in [0.1, 0.15) is 37.7 Å². The van der Waals surface area contributed by atoms with E-state index in [1.165, 1.54) is 19.3 Å². The molecule has 4 heteroatoms. The molecule has 0 spiro atoms. The Morgan fingerprint density at radius 3 is 3.00 bits per heavy atom. The number of ether oxygens (including phenoxy) is 2. The molecular formula is C14H20N2O2. The standard InChI is InChI=1S/C14H20N2O2/c1-2-4-12(5-3-1)18-13-7-6-11-10-15-8-9-17-14(11)16-13/h6-7,12,15H,1-5,8-10H2. The number of nitrogens with zero attached hydrogens (tertiary/aromatic N) is 1. The summed E-state index contributed by atoms with van der Waals surface area (Å²) in [5, 5.41) is 3.30. The molecule has 4 nitrogen and oxygen atoms in total. The summed E-state index contributed by atoms with van der Waals surface area (Å²) in [5.41, 5.74) is 1.11. The maximum Gasteiger partial charge on any atom is 0.221 e. The molecule has 18 heavy (non-hydrogen) atoms. The Morgan fingerprint density at radius 2 is 2.11 bits per heavy atom. The molecule has 1 fully saturated rings. The maximum atomic E-state index is 5.95. The lowest BCUT2D eigenvalue weighted by Crippen LogP contribution is -2.20. The van der Waals surface area contributed by atoms with E-state index in [1.807, 2.05) is 6.07 Å². The van der Waals surface area contributed by atoms with Crippen molar-refractivity contribution in [1.82, 2.24) is 10.3 Å². The third-order valence-corrected chi connectivity index (χ3v) is 3.59. The van der Waals surface area contributed by atoms with Crippen LogP contribution < -0.4 is 14.8 Å². The molecule has 1 saturated carbocycles. The van der Waals surface area contributed by atoms with E-state index >= 15 is 0 Å². The minimum Gasteiger partial charge on any atom is -0.476 e. The molecular weight excluding hydrogens is 228 g/mol. The summed E-state index contributed by atoms with van der Waals surface area (Å²) in [7, 11) is 0. The number of nitrogens with one attached hydrogen (secondary N) is 1. The number of rotatable bonds is 2. The van der Waals surface area contributed by atoms with Crippen molar-refractivity contribution in [1.29, 1.82) is 0 Å². The van der Waals surface area contributed by atoms with Crippen LogP contribution in [0.2, 0.25) is 0 Å². The van der Waals surface area contributed by atoms with Crippen molar-refractivity contribution in [3.8, 4) is 11.8 Å². The molecule has 0 amide bonds. The smallest absolute Gasteiger partial charge is 0.221 e. The first kappa shape index (κ1) is 11.8. The van der Waals surface area contributed by atoms with E-state index in [0.717, 1.165) is 37.4 Å². The fraction of sp³-hybridized carbons (Fsp3) is 0.643. The van der Waals surface area contributed by atoms with Crippen molar-refractivity contribution >= 4 is 0 Å². The molecule has 1 aliphatic carbocycles. The molecule has 1 aliphatic heterocycles. The van der Waals surface area contributed by atoms with Gasteiger partial charge in [0.2, 0.25) is 11.8 Å². The van der Waals surface area contributed by atoms with Crippen LogP contribution >= 0.6 is 0 Å². The highest BCUT2D eigenvalue weighted by molar-refractivity contribution is 5.31. The third kappa shape index (κ3) is 2.75. The summed E-state index contributed by atoms with van der Waals surface area (Å²) in [6, 6.07) is 4.02. The molecule has 0 radical (unpaired) electrons. The van der Waals surface area contributed by atoms with Gasteiger partial charge in [-0.05, 0) is 31.7 Å². The average molecular weight is 248 g/mol. The van der Waals surface area contributed by atoms with E-state index in [-0.39, 0.29) is 0 Å². The lowest BCUT2D eigenvalue weighted by Gasteiger charge is -2.22. The molecule has 2 heterocycles. The van der Waals surface area contributed by atoms with Gasteiger partial charge in [0, 0.05) is 24.7 Å². The van der Waals surface area contributed by atoms with Gasteiger partial charge in [0.1, 0.15) is 12.7 Å². The van der Waals surface area contributed by atoms with Crippen molar-refractivity contribution in [3.63, 3.8) is 0 Å². The van der Waals surface area contributed by atoms with Gasteiger partial charge in [0.05, 0.1) is 0 Å². The normalized spacial score (nSPS) is 20.7. The molecule has 98 valence electrons. The van der Waals surface area contributed by atoms with Crippen molar-refractivity contribution < 1.29 is 9.47 Å². The van der Waals surface area contributed by atoms with Crippen LogP contribution in [0.4, 0.5) is 0 Å². The van der Waals surface area contributed by atoms with E-state index in [9.17, 15) is 0 Å². The first-order valence-corrected chi connectivity index (χ1v) is 6.92. The largest absolute Gasteiger partial charge is 0.476 e. The van der Waals surface area contributed by atoms with Crippen molar-refractivity contribution in [2.45, 2.75) is 44.8 Å². The van der Waals surface area contributed by atoms with Crippen LogP contribution in [-0.2, 0) is 6.54 Å². The molecule has 1 aromatic rings. The second-order valence-electron chi connectivity index (χ2n) is 5.02. The zero-order chi connectivity index (χ0) is 12.2. The second kappa shape index (κ2) is 5.57. The van der Waals surface area contributed by atoms with Crippen LogP contribution in [0.5, 0.6) is 11.8 Å². The predicted molar refractivity (Wildman–Crippen MR) is 68.9 cm³/mol. The summed E-state index contributed by atoms with van der Waals surface area (Å²) < 4.78 is 11.6. The van der Waals surface area contributed by atoms with Gasteiger partial charge in [0.25, 0.3) is 0 Å². The summed E-state index contributed by atoms with van der Waals surface area (Å²) in [4.78, 5) is 4.48. The Morgan fingerprint density at radius 1 is 1.22 bits per heavy atom. The van der Waals surface area contributed by atoms with Crippen molar-refractivity contribution in [2.24, 2.45) is 0 Å². The van der Waals surface area contributed by atoms with Crippen molar-refractivity contribution in [2.75, 3.05) is 13.2 Å². The predicted octanol–water partition coefficient (Wildman–Crippen LogP) is 2.28. The lowest BCUT2D eigenvalue weighted by atomic mass is 9.98. The highest BCUT2D eigenvalue weighted by atomic mass is 16.5. The molecule has 0 unspecified atom stereocenters. The van der Waals surface area contributed by atoms with Crippen molar-refractivity contribution in [3.05, 3.63) is 17.7 Å². The number of fused-ring (bicyclic) bond motifs is 1. The fourth-order valence-corrected chi connectivity index (χ4v) is 2.57. The Balaban J connectivity index is 1.70. The Labute approximate surface area is 108 Å². The number of aromatic nitrogens is 1. The molecule has 1 aromatic heterocycles. The van der Waals surface area contributed by atoms with Gasteiger partial charge in [0.15, 0.2) is 0 Å². The first-order chi connectivity index (χ1) is 8.92. The summed E-state index contributed by atoms with van der Waals surface area (Å²) in [6.07, 6.45) is 6.54. The highest BCUT2D eigenvalue weighted by Crippen LogP contribution is 2.25. The van der Waals surface area contributed by atoms with Gasteiger partial charge in [-0.3, -0.25) is 0 Å². The molecule has 0 atom stereocenters. The summed E-state index contributed by atoms with van der Waals surface area (Å²) in [5.74, 6) is 1.44. The fourth-order valence-electron chi connectivity index (χ4n) is 2.57. The molecule has 0 saturated heterocycles. The number of hydrogen-bond donors (Lipinski definition) is 1. The minimum atomic E-state index is 0.341. The second-order valence-corrected chi connectivity index (χ2v) is 5.02. The van der Waals surface area contributed by atoms with E-state index in [4.69, 9.17) is 9.47 Å². The van der Waals surface area contributed by atoms with Gasteiger partial charge in [-0.2, -0.15) is 4.98 Å². The monoisotopic (exact) mass is 248 g/mol. The van der Waals surface area contributed by atoms with Crippen LogP contribution in [0, 0.1) is 0 Å². The maximum absolute atomic E-state index is 5.95. The SMILES string of the molecule is c1cc2c(nc1OC1CCCCC1)OCCNC2. The zero-order valence-electron chi connectivity index (χ0n) is 10.7. The third-order valence-electron chi connectivity index (χ3n) is 3.59. The van der Waals surface area contributed by atoms with Crippen LogP contribution in [0.15, 0.2) is 12.1 Å². The van der Waals surface area contributed by atoms with Gasteiger partial charge in [-0.15, -0.1) is 0 Å². The molecule has 0 bridgehead atoms. The Hall–Kier alpha value is -1.29. The van der Waals surface area contributed by atoms with Crippen LogP contribution in [0.25, 0.3) is 0 Å². The van der Waals surface area contributed by atoms with Gasteiger partial charge in [-0.25, -0.2) is 0 Å². The lowest BCUT2D eigenvalue weighted by molar-refractivity contribution is 0.147. The summed E-state index contributed by atoms with van der Waals surface area (Å²) in [6.45, 7) is 2.37. The number of hydrogen-bond acceptors (Lipinski definition) is 4. The van der Waals surface area contributed by atoms with E-state index < -0.39 is 0 Å². The number of pyridine rings is 1. The molecule has 1 N–H and O–H groups in total. The van der Waals surface area contributed by atoms with E-state index in [0.29, 0.717) is 18.6 Å². The highest BCUT2D eigenvalue weighted by Gasteiger charge is 2.17. The quantitative estimate of drug-likeness (QED) is 0.872. The van der Waals surface area contributed by atoms with Crippen LogP contribution in [-0.4, -0.2) is 24.2 Å². The topological polar surface area (TPSA) is 43.4 Å². The minimum absolute atomic E-state index is 0.341. The molecule has 3 rings (SSSR count). The van der Waals surface area contributed by atoms with Crippen LogP contribution in [0.3, 0.4) is 0 Å². The summed E-state index contributed by atoms with van der Waals surface area (Å²) >= 11 is 0.